The van der Waals surface area contributed by atoms with Gasteiger partial charge in [-0.2, -0.15) is 17.6 Å². The van der Waals surface area contributed by atoms with E-state index in [2.05, 4.69) is 16.0 Å². The van der Waals surface area contributed by atoms with Gasteiger partial charge >= 0.3 is 35.6 Å². The number of amidine groups is 2. The number of halogens is 6. The molecule has 2 saturated carbocycles. The first-order valence-electron chi connectivity index (χ1n) is 27.0. The number of primary amides is 1. The third-order valence-electron chi connectivity index (χ3n) is 16.0. The summed E-state index contributed by atoms with van der Waals surface area (Å²) in [5, 5.41) is 31.5. The Labute approximate surface area is 522 Å². The van der Waals surface area contributed by atoms with Crippen LogP contribution in [-0.4, -0.2) is 134 Å². The summed E-state index contributed by atoms with van der Waals surface area (Å²) in [5.74, 6) is -0.275. The number of carboxylic acid groups (broad SMARTS) is 1. The minimum Gasteiger partial charge on any atom is -0.812 e. The first-order chi connectivity index (χ1) is 38.9. The zero-order valence-corrected chi connectivity index (χ0v) is 53.9. The fourth-order valence-corrected chi connectivity index (χ4v) is 14.1. The Balaban J connectivity index is 0.000000377. The molecule has 0 bridgehead atoms. The van der Waals surface area contributed by atoms with Crippen molar-refractivity contribution in [3.05, 3.63) is 81.0 Å². The number of carboxylic acids is 1. The van der Waals surface area contributed by atoms with Crippen LogP contribution in [0.1, 0.15) is 117 Å². The van der Waals surface area contributed by atoms with Crippen LogP contribution in [0.5, 0.6) is 0 Å². The molecular weight excluding hydrogens is 1190 g/mol. The van der Waals surface area contributed by atoms with Crippen molar-refractivity contribution < 1.29 is 93.3 Å². The van der Waals surface area contributed by atoms with Crippen LogP contribution in [0.15, 0.2) is 57.6 Å². The van der Waals surface area contributed by atoms with Crippen LogP contribution in [0, 0.1) is 51.0 Å². The number of aryl methyl sites for hydroxylation is 4. The third-order valence-corrected chi connectivity index (χ3v) is 19.7. The summed E-state index contributed by atoms with van der Waals surface area (Å²) in [5.41, 5.74) is 11.3. The molecular formula is C55H75Cl2F4N10NaO10S2. The van der Waals surface area contributed by atoms with Gasteiger partial charge in [0.05, 0.1) is 16.8 Å². The van der Waals surface area contributed by atoms with Crippen LogP contribution in [0.2, 0.25) is 0 Å². The van der Waals surface area contributed by atoms with Crippen molar-refractivity contribution >= 4 is 90.1 Å². The molecule has 0 unspecified atom stereocenters. The number of aliphatic carboxylic acids is 1. The smallest absolute Gasteiger partial charge is 0.812 e. The van der Waals surface area contributed by atoms with E-state index in [1.54, 1.807) is 7.05 Å². The topological polar surface area (TPSA) is 300 Å². The van der Waals surface area contributed by atoms with Gasteiger partial charge in [-0.05, 0) is 186 Å². The van der Waals surface area contributed by atoms with Crippen LogP contribution in [0.25, 0.3) is 0 Å². The fourth-order valence-electron chi connectivity index (χ4n) is 11.2. The molecule has 0 aromatic heterocycles. The number of nitrogens with two attached hydrogens (primary N) is 1. The summed E-state index contributed by atoms with van der Waals surface area (Å²) in [6.45, 7) is 9.70. The third kappa shape index (κ3) is 19.6. The predicted octanol–water partition coefficient (Wildman–Crippen LogP) is 4.66. The summed E-state index contributed by atoms with van der Waals surface area (Å²) in [6.07, 6.45) is 2.61. The normalized spacial score (nSPS) is 20.0. The number of nitrogens with one attached hydrogen (secondary N) is 3. The average Bonchev–Trinajstić information content (AvgIpc) is 3.18. The minimum atomic E-state index is -3.57. The van der Waals surface area contributed by atoms with Gasteiger partial charge in [0.1, 0.15) is 22.7 Å². The second kappa shape index (κ2) is 32.8. The summed E-state index contributed by atoms with van der Waals surface area (Å²) in [6, 6.07) is 7.09. The molecule has 4 fully saturated rings. The molecule has 2 aliphatic carbocycles. The number of alkyl halides is 2. The van der Waals surface area contributed by atoms with Gasteiger partial charge in [-0.15, -0.1) is 23.2 Å². The molecule has 4 aliphatic heterocycles. The molecule has 84 heavy (non-hydrogen) atoms. The number of hydrogen-bond donors (Lipinski definition) is 5. The van der Waals surface area contributed by atoms with Crippen molar-refractivity contribution in [2.24, 2.45) is 27.6 Å². The van der Waals surface area contributed by atoms with Gasteiger partial charge < -0.3 is 31.9 Å². The molecule has 0 radical (unpaired) electrons. The molecule has 2 spiro atoms. The van der Waals surface area contributed by atoms with E-state index in [-0.39, 0.29) is 120 Å². The number of sulfonamides is 2. The van der Waals surface area contributed by atoms with Crippen LogP contribution >= 0.6 is 23.2 Å². The molecule has 0 atom stereocenters. The monoisotopic (exact) mass is 1270 g/mol. The molecule has 2 saturated heterocycles. The molecule has 4 amide bonds. The quantitative estimate of drug-likeness (QED) is 0.0839. The number of urea groups is 1. The Bertz CT molecular complexity index is 3040. The first kappa shape index (κ1) is 73.4. The van der Waals surface area contributed by atoms with Gasteiger partial charge in [-0.3, -0.25) is 29.3 Å². The van der Waals surface area contributed by atoms with Gasteiger partial charge in [0, 0.05) is 76.7 Å². The number of hydrogen-bond acceptors (Lipinski definition) is 13. The number of benzene rings is 2. The van der Waals surface area contributed by atoms with E-state index in [0.717, 1.165) is 46.0 Å². The Hall–Kier alpha value is -4.85. The van der Waals surface area contributed by atoms with Gasteiger partial charge in [-0.25, -0.2) is 35.5 Å². The Morgan fingerprint density at radius 2 is 1.05 bits per heavy atom. The number of nitriles is 1. The average molecular weight is 1270 g/mol. The Kier molecular flexibility index (Phi) is 28.6. The van der Waals surface area contributed by atoms with Crippen molar-refractivity contribution in [1.82, 2.24) is 19.2 Å². The number of amides is 4. The molecule has 8 rings (SSSR count). The van der Waals surface area contributed by atoms with E-state index >= 15 is 0 Å². The van der Waals surface area contributed by atoms with Crippen molar-refractivity contribution in [2.45, 2.75) is 136 Å². The maximum atomic E-state index is 13.2. The number of carbonyl (C=O) groups is 4. The van der Waals surface area contributed by atoms with E-state index in [1.165, 1.54) is 13.5 Å². The number of piperidine rings is 2. The van der Waals surface area contributed by atoms with Gasteiger partial charge in [0.2, 0.25) is 20.0 Å². The molecule has 6 N–H and O–H groups in total. The second-order valence-corrected chi connectivity index (χ2v) is 26.2. The van der Waals surface area contributed by atoms with Crippen molar-refractivity contribution in [2.75, 3.05) is 67.3 Å². The number of nitrogens with zero attached hydrogens (tertiary/aromatic N) is 6. The molecule has 2 aromatic carbocycles. The van der Waals surface area contributed by atoms with E-state index in [1.807, 2.05) is 59.0 Å². The van der Waals surface area contributed by atoms with Crippen molar-refractivity contribution in [3.63, 3.8) is 0 Å². The summed E-state index contributed by atoms with van der Waals surface area (Å²) in [4.78, 5) is 57.0. The van der Waals surface area contributed by atoms with Crippen LogP contribution in [0.4, 0.5) is 33.7 Å². The van der Waals surface area contributed by atoms with Crippen LogP contribution < -0.4 is 61.2 Å². The number of allylic oxidation sites excluding steroid dienone is 2. The van der Waals surface area contributed by atoms with Crippen LogP contribution in [-0.2, 0) is 47.3 Å². The SMILES string of the molecule is CC(=O)O.CNc1cc(C)c(CCS(=O)(=O)N2CCC3(CC2)N=C(C2CCC(=C(F)F)CC2)NC3=O)c(C)c1.Cc1cc(N(C)C(N)=O)cc(C)c1CCS(=O)(=O)N1CCC2(CC1)N=C(C1CCC(=C(F)F)CC1)NC2=O.ClCCl.N#C[O-].[Na+]. The van der Waals surface area contributed by atoms with E-state index < -0.39 is 55.3 Å². The zero-order valence-electron chi connectivity index (χ0n) is 48.8. The summed E-state index contributed by atoms with van der Waals surface area (Å²) in [7, 11) is -3.62. The number of anilines is 2. The minimum absolute atomic E-state index is 0. The molecule has 4 heterocycles. The second-order valence-electron chi connectivity index (χ2n) is 21.2. The Morgan fingerprint density at radius 3 is 1.32 bits per heavy atom. The largest absolute Gasteiger partial charge is 1.00 e. The summed E-state index contributed by atoms with van der Waals surface area (Å²) < 4.78 is 107. The zero-order chi connectivity index (χ0) is 62.2. The summed E-state index contributed by atoms with van der Waals surface area (Å²) >= 11 is 9.53. The number of aliphatic imine (C=N–C) groups is 2. The van der Waals surface area contributed by atoms with E-state index in [0.29, 0.717) is 101 Å². The van der Waals surface area contributed by atoms with Gasteiger partial charge in [-0.1, -0.05) is 0 Å². The van der Waals surface area contributed by atoms with Crippen LogP contribution in [0.3, 0.4) is 0 Å². The maximum absolute atomic E-state index is 13.2. The maximum Gasteiger partial charge on any atom is 1.00 e. The van der Waals surface area contributed by atoms with Crippen molar-refractivity contribution in [3.8, 4) is 6.26 Å². The molecule has 2 aromatic rings. The van der Waals surface area contributed by atoms with E-state index in [9.17, 15) is 48.8 Å². The fraction of sp³-hybridized carbons (Fsp3) is 0.582. The van der Waals surface area contributed by atoms with Crippen molar-refractivity contribution in [1.29, 1.82) is 5.26 Å². The molecule has 29 heteroatoms. The molecule has 20 nitrogen and oxygen atoms in total. The number of carbonyl (C=O) groups excluding carboxylic acids is 3. The number of rotatable bonds is 12. The predicted molar refractivity (Wildman–Crippen MR) is 310 cm³/mol. The van der Waals surface area contributed by atoms with Gasteiger partial charge in [0.25, 0.3) is 29.9 Å². The molecule has 6 aliphatic rings. The molecule has 460 valence electrons. The Morgan fingerprint density at radius 1 is 0.750 bits per heavy atom. The van der Waals surface area contributed by atoms with E-state index in [4.69, 9.17) is 59.2 Å². The first-order valence-corrected chi connectivity index (χ1v) is 31.3. The standard InChI is InChI=1S/C26H35F2N5O4S.C25H34F2N4O3S.C2H4O2.CH2Cl2.CHNO.Na/c1-16-14-20(32(3)25(29)35)15-17(2)21(16)8-13-38(36,37)33-11-9-26(10-12-33)24(34)30-23(31-26)19-6-4-18(5-7-19)22(27)28;1-16-14-20(28-3)15-17(2)21(16)8-13-35(33,34)31-11-9-25(10-12-31)24(32)29-23(30-25)19-6-4-18(5-7-19)22(26)27;1-2(3)4;2*2-1-3;/h14-15,19H,4-13H2,1-3H3,(H2,29,35)(H,30,31,34);14-15,19,28H,4-13H2,1-3H3,(H,29,30,32);1H3,(H,3,4);1H2;3H;/q;;;;;+1/p-1. The van der Waals surface area contributed by atoms with Gasteiger partial charge in [0.15, 0.2) is 0 Å².